The van der Waals surface area contributed by atoms with E-state index in [1.165, 1.54) is 6.26 Å². The number of carbonyl (C=O) groups is 1. The Morgan fingerprint density at radius 3 is 2.69 bits per heavy atom. The van der Waals surface area contributed by atoms with Gasteiger partial charge in [-0.1, -0.05) is 12.7 Å². The standard InChI is InChI=1S/C12H21NO3/c1-4-5-10-16-12(15)6-7-13(8-9-14)11(2)3/h4-5,10-11,14H,1,6-9H2,2-3H3/b10-5-. The highest BCUT2D eigenvalue weighted by Gasteiger charge is 2.11. The van der Waals surface area contributed by atoms with Crippen molar-refractivity contribution >= 4 is 5.97 Å². The van der Waals surface area contributed by atoms with Crippen molar-refractivity contribution in [3.8, 4) is 0 Å². The minimum Gasteiger partial charge on any atom is -0.434 e. The lowest BCUT2D eigenvalue weighted by atomic mass is 10.3. The van der Waals surface area contributed by atoms with Crippen LogP contribution in [0.25, 0.3) is 0 Å². The third-order valence-electron chi connectivity index (χ3n) is 2.13. The molecule has 0 aliphatic rings. The molecule has 4 heteroatoms. The lowest BCUT2D eigenvalue weighted by Crippen LogP contribution is -2.35. The molecule has 4 nitrogen and oxygen atoms in total. The van der Waals surface area contributed by atoms with Crippen LogP contribution in [0.1, 0.15) is 20.3 Å². The molecule has 0 aromatic carbocycles. The van der Waals surface area contributed by atoms with Crippen LogP contribution in [0.3, 0.4) is 0 Å². The normalized spacial score (nSPS) is 11.3. The first-order valence-corrected chi connectivity index (χ1v) is 5.43. The number of aliphatic hydroxyl groups excluding tert-OH is 1. The largest absolute Gasteiger partial charge is 0.434 e. The Hall–Kier alpha value is -1.13. The molecule has 0 aliphatic heterocycles. The summed E-state index contributed by atoms with van der Waals surface area (Å²) in [5, 5.41) is 8.84. The number of hydrogen-bond acceptors (Lipinski definition) is 4. The first-order chi connectivity index (χ1) is 7.61. The maximum absolute atomic E-state index is 11.3. The summed E-state index contributed by atoms with van der Waals surface area (Å²) in [6, 6.07) is 0.309. The molecule has 0 unspecified atom stereocenters. The molecular weight excluding hydrogens is 206 g/mol. The van der Waals surface area contributed by atoms with E-state index in [9.17, 15) is 4.79 Å². The van der Waals surface area contributed by atoms with Gasteiger partial charge in [0.25, 0.3) is 0 Å². The molecule has 1 N–H and O–H groups in total. The van der Waals surface area contributed by atoms with Crippen LogP contribution in [0.15, 0.2) is 25.0 Å². The van der Waals surface area contributed by atoms with Gasteiger partial charge in [0.1, 0.15) is 0 Å². The Morgan fingerprint density at radius 1 is 1.50 bits per heavy atom. The van der Waals surface area contributed by atoms with Gasteiger partial charge in [0, 0.05) is 19.1 Å². The average molecular weight is 227 g/mol. The van der Waals surface area contributed by atoms with Gasteiger partial charge in [0.15, 0.2) is 0 Å². The molecule has 0 amide bonds. The highest BCUT2D eigenvalue weighted by atomic mass is 16.5. The van der Waals surface area contributed by atoms with Gasteiger partial charge in [-0.05, 0) is 19.9 Å². The van der Waals surface area contributed by atoms with Crippen molar-refractivity contribution in [2.45, 2.75) is 26.3 Å². The summed E-state index contributed by atoms with van der Waals surface area (Å²) < 4.78 is 4.81. The molecule has 0 fully saturated rings. The van der Waals surface area contributed by atoms with Crippen molar-refractivity contribution in [2.75, 3.05) is 19.7 Å². The molecule has 0 bridgehead atoms. The van der Waals surface area contributed by atoms with Gasteiger partial charge < -0.3 is 9.84 Å². The number of ether oxygens (including phenoxy) is 1. The highest BCUT2D eigenvalue weighted by Crippen LogP contribution is 2.00. The topological polar surface area (TPSA) is 49.8 Å². The van der Waals surface area contributed by atoms with Gasteiger partial charge in [-0.15, -0.1) is 0 Å². The molecular formula is C12H21NO3. The third kappa shape index (κ3) is 7.20. The Balaban J connectivity index is 3.86. The van der Waals surface area contributed by atoms with E-state index in [1.54, 1.807) is 12.2 Å². The minimum atomic E-state index is -0.276. The molecule has 0 atom stereocenters. The molecule has 0 spiro atoms. The molecule has 92 valence electrons. The zero-order chi connectivity index (χ0) is 12.4. The van der Waals surface area contributed by atoms with Crippen LogP contribution >= 0.6 is 0 Å². The minimum absolute atomic E-state index is 0.101. The SMILES string of the molecule is C=C/C=C\OC(=O)CCN(CCO)C(C)C. The monoisotopic (exact) mass is 227 g/mol. The smallest absolute Gasteiger partial charge is 0.311 e. The third-order valence-corrected chi connectivity index (χ3v) is 2.13. The summed E-state index contributed by atoms with van der Waals surface area (Å²) in [4.78, 5) is 13.3. The number of esters is 1. The van der Waals surface area contributed by atoms with Crippen LogP contribution in [0.5, 0.6) is 0 Å². The van der Waals surface area contributed by atoms with Gasteiger partial charge in [-0.2, -0.15) is 0 Å². The fraction of sp³-hybridized carbons (Fsp3) is 0.583. The zero-order valence-corrected chi connectivity index (χ0v) is 10.1. The summed E-state index contributed by atoms with van der Waals surface area (Å²) in [5.41, 5.74) is 0. The summed E-state index contributed by atoms with van der Waals surface area (Å²) >= 11 is 0. The Labute approximate surface area is 97.2 Å². The van der Waals surface area contributed by atoms with E-state index in [1.807, 2.05) is 18.7 Å². The number of carbonyl (C=O) groups excluding carboxylic acids is 1. The van der Waals surface area contributed by atoms with Crippen LogP contribution in [0.4, 0.5) is 0 Å². The van der Waals surface area contributed by atoms with E-state index >= 15 is 0 Å². The summed E-state index contributed by atoms with van der Waals surface area (Å²) in [7, 11) is 0. The van der Waals surface area contributed by atoms with Crippen LogP contribution in [-0.2, 0) is 9.53 Å². The van der Waals surface area contributed by atoms with Crippen LogP contribution in [-0.4, -0.2) is 41.7 Å². The number of hydrogen-bond donors (Lipinski definition) is 1. The van der Waals surface area contributed by atoms with Crippen molar-refractivity contribution in [1.82, 2.24) is 4.90 Å². The second-order valence-corrected chi connectivity index (χ2v) is 3.66. The van der Waals surface area contributed by atoms with Crippen molar-refractivity contribution in [3.63, 3.8) is 0 Å². The number of aliphatic hydroxyl groups is 1. The molecule has 0 saturated heterocycles. The molecule has 0 radical (unpaired) electrons. The number of allylic oxidation sites excluding steroid dienone is 2. The fourth-order valence-corrected chi connectivity index (χ4v) is 1.22. The number of rotatable bonds is 8. The predicted molar refractivity (Wildman–Crippen MR) is 63.8 cm³/mol. The molecule has 0 aliphatic carbocycles. The molecule has 0 saturated carbocycles. The molecule has 16 heavy (non-hydrogen) atoms. The number of nitrogens with zero attached hydrogens (tertiary/aromatic N) is 1. The van der Waals surface area contributed by atoms with Crippen LogP contribution < -0.4 is 0 Å². The molecule has 0 heterocycles. The Bertz CT molecular complexity index is 236. The summed E-state index contributed by atoms with van der Waals surface area (Å²) in [6.45, 7) is 8.79. The summed E-state index contributed by atoms with van der Waals surface area (Å²) in [6.07, 6.45) is 4.74. The second-order valence-electron chi connectivity index (χ2n) is 3.66. The maximum atomic E-state index is 11.3. The average Bonchev–Trinajstić information content (AvgIpc) is 2.24. The molecule has 0 rings (SSSR count). The Kier molecular flexibility index (Phi) is 8.48. The first kappa shape index (κ1) is 14.9. The van der Waals surface area contributed by atoms with Crippen LogP contribution in [0.2, 0.25) is 0 Å². The molecule has 0 aromatic heterocycles. The lowest BCUT2D eigenvalue weighted by molar-refractivity contribution is -0.138. The van der Waals surface area contributed by atoms with Gasteiger partial charge in [0.05, 0.1) is 19.3 Å². The predicted octanol–water partition coefficient (Wildman–Crippen LogP) is 1.32. The van der Waals surface area contributed by atoms with Crippen molar-refractivity contribution in [3.05, 3.63) is 25.0 Å². The van der Waals surface area contributed by atoms with Gasteiger partial charge in [-0.3, -0.25) is 9.69 Å². The van der Waals surface area contributed by atoms with Crippen molar-refractivity contribution in [2.24, 2.45) is 0 Å². The second kappa shape index (κ2) is 9.12. The first-order valence-electron chi connectivity index (χ1n) is 5.43. The van der Waals surface area contributed by atoms with E-state index in [2.05, 4.69) is 6.58 Å². The van der Waals surface area contributed by atoms with E-state index in [0.29, 0.717) is 25.6 Å². The van der Waals surface area contributed by atoms with E-state index in [4.69, 9.17) is 9.84 Å². The molecule has 0 aromatic rings. The maximum Gasteiger partial charge on any atom is 0.311 e. The van der Waals surface area contributed by atoms with Gasteiger partial charge in [-0.25, -0.2) is 0 Å². The summed E-state index contributed by atoms with van der Waals surface area (Å²) in [5.74, 6) is -0.276. The van der Waals surface area contributed by atoms with E-state index in [-0.39, 0.29) is 12.6 Å². The fourth-order valence-electron chi connectivity index (χ4n) is 1.22. The zero-order valence-electron chi connectivity index (χ0n) is 10.1. The van der Waals surface area contributed by atoms with E-state index in [0.717, 1.165) is 0 Å². The van der Waals surface area contributed by atoms with E-state index < -0.39 is 0 Å². The quantitative estimate of drug-likeness (QED) is 0.386. The van der Waals surface area contributed by atoms with Gasteiger partial charge in [0.2, 0.25) is 0 Å². The van der Waals surface area contributed by atoms with Crippen molar-refractivity contribution in [1.29, 1.82) is 0 Å². The lowest BCUT2D eigenvalue weighted by Gasteiger charge is -2.24. The highest BCUT2D eigenvalue weighted by molar-refractivity contribution is 5.70. The van der Waals surface area contributed by atoms with Crippen LogP contribution in [0, 0.1) is 0 Å². The Morgan fingerprint density at radius 2 is 2.19 bits per heavy atom. The van der Waals surface area contributed by atoms with Crippen molar-refractivity contribution < 1.29 is 14.6 Å². The van der Waals surface area contributed by atoms with Gasteiger partial charge >= 0.3 is 5.97 Å².